The Labute approximate surface area is 278 Å². The number of para-hydroxylation sites is 2. The summed E-state index contributed by atoms with van der Waals surface area (Å²) in [6, 6.07) is 19.5. The van der Waals surface area contributed by atoms with Gasteiger partial charge < -0.3 is 9.80 Å². The highest BCUT2D eigenvalue weighted by Gasteiger charge is 2.38. The number of aromatic nitrogens is 4. The van der Waals surface area contributed by atoms with E-state index >= 15 is 0 Å². The molecule has 0 atom stereocenters. The number of piperazine rings is 1. The van der Waals surface area contributed by atoms with Gasteiger partial charge in [-0.2, -0.15) is 0 Å². The summed E-state index contributed by atoms with van der Waals surface area (Å²) >= 11 is 6.70. The minimum Gasteiger partial charge on any atom is -0.366 e. The lowest BCUT2D eigenvalue weighted by Crippen LogP contribution is -2.47. The van der Waals surface area contributed by atoms with Gasteiger partial charge in [-0.25, -0.2) is 14.1 Å². The molecule has 5 heterocycles. The molecule has 10 nitrogen and oxygen atoms in total. The van der Waals surface area contributed by atoms with Crippen LogP contribution in [0.2, 0.25) is 0 Å². The third kappa shape index (κ3) is 5.25. The number of thioether (sulfide) groups is 1. The van der Waals surface area contributed by atoms with Gasteiger partial charge in [-0.15, -0.1) is 0 Å². The van der Waals surface area contributed by atoms with Gasteiger partial charge in [0, 0.05) is 39.4 Å². The molecule has 0 spiro atoms. The number of hydrogen-bond donors (Lipinski definition) is 0. The summed E-state index contributed by atoms with van der Waals surface area (Å²) in [6.45, 7) is 5.63. The molecular formula is C34H30FN7O3S2. The van der Waals surface area contributed by atoms with Crippen molar-refractivity contribution >= 4 is 63.1 Å². The highest BCUT2D eigenvalue weighted by Crippen LogP contribution is 2.37. The fourth-order valence-electron chi connectivity index (χ4n) is 6.08. The lowest BCUT2D eigenvalue weighted by Gasteiger charge is -2.37. The fraction of sp³-hybridized carbons (Fsp3) is 0.206. The van der Waals surface area contributed by atoms with Crippen molar-refractivity contribution < 1.29 is 9.18 Å². The van der Waals surface area contributed by atoms with E-state index in [4.69, 9.17) is 17.2 Å². The van der Waals surface area contributed by atoms with Gasteiger partial charge in [0.1, 0.15) is 23.0 Å². The highest BCUT2D eigenvalue weighted by atomic mass is 32.2. The molecular weight excluding hydrogens is 638 g/mol. The average molecular weight is 668 g/mol. The van der Waals surface area contributed by atoms with E-state index in [0.29, 0.717) is 54.7 Å². The van der Waals surface area contributed by atoms with E-state index in [2.05, 4.69) is 0 Å². The quantitative estimate of drug-likeness (QED) is 0.198. The van der Waals surface area contributed by atoms with Crippen LogP contribution in [0.3, 0.4) is 0 Å². The summed E-state index contributed by atoms with van der Waals surface area (Å²) in [5.41, 5.74) is 2.77. The summed E-state index contributed by atoms with van der Waals surface area (Å²) in [7, 11) is 1.75. The van der Waals surface area contributed by atoms with Gasteiger partial charge in [0.2, 0.25) is 0 Å². The molecule has 2 aromatic carbocycles. The molecule has 0 bridgehead atoms. The lowest BCUT2D eigenvalue weighted by molar-refractivity contribution is -0.113. The molecule has 3 aromatic heterocycles. The second-order valence-electron chi connectivity index (χ2n) is 11.4. The molecule has 2 aliphatic rings. The number of pyridine rings is 1. The van der Waals surface area contributed by atoms with Gasteiger partial charge in [-0.3, -0.25) is 28.4 Å². The van der Waals surface area contributed by atoms with Crippen LogP contribution in [0, 0.1) is 19.7 Å². The topological polar surface area (TPSA) is 88.1 Å². The SMILES string of the molecule is Cc1ccc2nc(N3CCN(c4ccccc4F)CC3)c(/C=C3/SC(=S)N(c4c(C)n(C)n(-c5ccccc5)c4=O)C3=O)c(=O)n2c1. The Bertz CT molecular complexity index is 2230. The number of hydrogen-bond acceptors (Lipinski definition) is 8. The molecule has 47 heavy (non-hydrogen) atoms. The molecule has 0 N–H and O–H groups in total. The van der Waals surface area contributed by atoms with E-state index in [1.165, 1.54) is 26.1 Å². The third-order valence-corrected chi connectivity index (χ3v) is 9.88. The maximum atomic E-state index is 14.5. The van der Waals surface area contributed by atoms with Crippen LogP contribution in [0.4, 0.5) is 21.6 Å². The molecule has 2 aliphatic heterocycles. The van der Waals surface area contributed by atoms with Crippen molar-refractivity contribution in [2.24, 2.45) is 7.05 Å². The molecule has 0 unspecified atom stereocenters. The number of nitrogens with zero attached hydrogens (tertiary/aromatic N) is 7. The molecule has 7 rings (SSSR count). The summed E-state index contributed by atoms with van der Waals surface area (Å²) in [5, 5.41) is 0. The van der Waals surface area contributed by atoms with Crippen LogP contribution in [-0.2, 0) is 11.8 Å². The predicted octanol–water partition coefficient (Wildman–Crippen LogP) is 4.67. The number of carbonyl (C=O) groups is 1. The number of fused-ring (bicyclic) bond motifs is 1. The zero-order valence-corrected chi connectivity index (χ0v) is 27.5. The normalized spacial score (nSPS) is 16.3. The molecule has 0 radical (unpaired) electrons. The summed E-state index contributed by atoms with van der Waals surface area (Å²) in [6.07, 6.45) is 3.25. The van der Waals surface area contributed by atoms with Gasteiger partial charge in [0.15, 0.2) is 4.32 Å². The van der Waals surface area contributed by atoms with Gasteiger partial charge in [0.05, 0.1) is 27.5 Å². The zero-order chi connectivity index (χ0) is 33.0. The van der Waals surface area contributed by atoms with Crippen molar-refractivity contribution in [3.05, 3.63) is 121 Å². The van der Waals surface area contributed by atoms with Crippen molar-refractivity contribution in [2.75, 3.05) is 40.9 Å². The molecule has 5 aromatic rings. The van der Waals surface area contributed by atoms with Gasteiger partial charge in [-0.05, 0) is 55.8 Å². The number of rotatable bonds is 5. The van der Waals surface area contributed by atoms with E-state index in [-0.39, 0.29) is 37.4 Å². The largest absolute Gasteiger partial charge is 0.366 e. The second-order valence-corrected chi connectivity index (χ2v) is 13.1. The van der Waals surface area contributed by atoms with Crippen LogP contribution in [0.1, 0.15) is 16.8 Å². The number of carbonyl (C=O) groups excluding carboxylic acids is 1. The van der Waals surface area contributed by atoms with Crippen molar-refractivity contribution in [3.63, 3.8) is 0 Å². The molecule has 2 fully saturated rings. The minimum absolute atomic E-state index is 0.163. The Morgan fingerprint density at radius 2 is 1.55 bits per heavy atom. The smallest absolute Gasteiger partial charge is 0.296 e. The van der Waals surface area contributed by atoms with Crippen LogP contribution < -0.4 is 25.8 Å². The van der Waals surface area contributed by atoms with E-state index in [9.17, 15) is 18.8 Å². The van der Waals surface area contributed by atoms with Crippen molar-refractivity contribution in [2.45, 2.75) is 13.8 Å². The van der Waals surface area contributed by atoms with Crippen molar-refractivity contribution in [1.29, 1.82) is 0 Å². The lowest BCUT2D eigenvalue weighted by atomic mass is 10.2. The monoisotopic (exact) mass is 667 g/mol. The average Bonchev–Trinajstić information content (AvgIpc) is 3.47. The van der Waals surface area contributed by atoms with Gasteiger partial charge >= 0.3 is 0 Å². The first-order chi connectivity index (χ1) is 22.6. The summed E-state index contributed by atoms with van der Waals surface area (Å²) in [5.74, 6) is -0.347. The van der Waals surface area contributed by atoms with E-state index in [1.54, 1.807) is 49.1 Å². The molecule has 238 valence electrons. The third-order valence-electron chi connectivity index (χ3n) is 8.57. The number of anilines is 3. The van der Waals surface area contributed by atoms with Crippen LogP contribution in [-0.4, -0.2) is 55.2 Å². The number of amides is 1. The summed E-state index contributed by atoms with van der Waals surface area (Å²) in [4.78, 5) is 52.2. The minimum atomic E-state index is -0.491. The summed E-state index contributed by atoms with van der Waals surface area (Å²) < 4.78 is 19.4. The number of benzene rings is 2. The predicted molar refractivity (Wildman–Crippen MR) is 188 cm³/mol. The molecule has 2 saturated heterocycles. The number of halogens is 1. The van der Waals surface area contributed by atoms with Crippen molar-refractivity contribution in [3.8, 4) is 5.69 Å². The molecule has 13 heteroatoms. The van der Waals surface area contributed by atoms with Crippen molar-refractivity contribution in [1.82, 2.24) is 18.7 Å². The highest BCUT2D eigenvalue weighted by molar-refractivity contribution is 8.27. The first-order valence-electron chi connectivity index (χ1n) is 15.0. The van der Waals surface area contributed by atoms with Crippen LogP contribution in [0.15, 0.2) is 87.4 Å². The van der Waals surface area contributed by atoms with Crippen LogP contribution in [0.5, 0.6) is 0 Å². The van der Waals surface area contributed by atoms with Crippen LogP contribution >= 0.6 is 24.0 Å². The Kier molecular flexibility index (Phi) is 7.80. The van der Waals surface area contributed by atoms with Gasteiger partial charge in [0.25, 0.3) is 17.0 Å². The first kappa shape index (κ1) is 30.6. The maximum Gasteiger partial charge on any atom is 0.296 e. The van der Waals surface area contributed by atoms with Crippen LogP contribution in [0.25, 0.3) is 17.4 Å². The van der Waals surface area contributed by atoms with E-state index in [1.807, 2.05) is 53.1 Å². The number of thiocarbonyl (C=S) groups is 1. The number of aryl methyl sites for hydroxylation is 1. The van der Waals surface area contributed by atoms with E-state index < -0.39 is 5.91 Å². The Morgan fingerprint density at radius 3 is 2.28 bits per heavy atom. The zero-order valence-electron chi connectivity index (χ0n) is 25.9. The second kappa shape index (κ2) is 12.0. The molecule has 1 amide bonds. The van der Waals surface area contributed by atoms with Gasteiger partial charge in [-0.1, -0.05) is 60.4 Å². The van der Waals surface area contributed by atoms with E-state index in [0.717, 1.165) is 17.3 Å². The molecule has 0 saturated carbocycles. The molecule has 0 aliphatic carbocycles. The standard InChI is InChI=1S/C34H30FN7O3S2/c1-21-13-14-28-36-30(39-17-15-38(16-18-39)26-12-8-7-11-25(26)35)24(31(43)40(28)20-21)19-27-32(44)41(34(46)47-27)29-22(2)37(3)42(33(29)45)23-9-5-4-6-10-23/h4-14,19-20H,15-18H2,1-3H3/b27-19+. The maximum absolute atomic E-state index is 14.5. The first-order valence-corrected chi connectivity index (χ1v) is 16.3. The Morgan fingerprint density at radius 1 is 0.872 bits per heavy atom. The fourth-order valence-corrected chi connectivity index (χ4v) is 7.34. The Hall–Kier alpha value is -5.01. The Balaban J connectivity index is 1.28.